The molecule has 0 unspecified atom stereocenters. The predicted octanol–water partition coefficient (Wildman–Crippen LogP) is 3.80. The van der Waals surface area contributed by atoms with Crippen molar-refractivity contribution in [2.24, 2.45) is 4.99 Å². The van der Waals surface area contributed by atoms with E-state index in [9.17, 15) is 0 Å². The van der Waals surface area contributed by atoms with Gasteiger partial charge in [0.2, 0.25) is 0 Å². The van der Waals surface area contributed by atoms with Crippen LogP contribution in [0.3, 0.4) is 0 Å². The Morgan fingerprint density at radius 1 is 0.969 bits per heavy atom. The summed E-state index contributed by atoms with van der Waals surface area (Å²) in [6.45, 7) is 7.72. The molecule has 0 spiro atoms. The summed E-state index contributed by atoms with van der Waals surface area (Å²) in [6.07, 6.45) is 2.07. The van der Waals surface area contributed by atoms with E-state index in [1.54, 1.807) is 0 Å². The van der Waals surface area contributed by atoms with Crippen LogP contribution >= 0.6 is 24.0 Å². The van der Waals surface area contributed by atoms with Gasteiger partial charge in [-0.15, -0.1) is 24.0 Å². The van der Waals surface area contributed by atoms with Crippen LogP contribution in [0.4, 0.5) is 0 Å². The number of ether oxygens (including phenoxy) is 2. The van der Waals surface area contributed by atoms with Crippen molar-refractivity contribution < 1.29 is 9.47 Å². The molecule has 2 N–H and O–H groups in total. The van der Waals surface area contributed by atoms with Crippen LogP contribution in [0.2, 0.25) is 0 Å². The van der Waals surface area contributed by atoms with Gasteiger partial charge < -0.3 is 20.1 Å². The van der Waals surface area contributed by atoms with E-state index in [2.05, 4.69) is 56.9 Å². The Bertz CT molecular complexity index is 783. The smallest absolute Gasteiger partial charge is 0.191 e. The number of benzene rings is 2. The quantitative estimate of drug-likeness (QED) is 0.192. The van der Waals surface area contributed by atoms with Gasteiger partial charge in [-0.1, -0.05) is 54.6 Å². The maximum atomic E-state index is 5.75. The maximum absolute atomic E-state index is 5.75. The largest absolute Gasteiger partial charge is 0.379 e. The van der Waals surface area contributed by atoms with Crippen LogP contribution in [0, 0.1) is 0 Å². The lowest BCUT2D eigenvalue weighted by molar-refractivity contribution is 0.0341. The minimum Gasteiger partial charge on any atom is -0.379 e. The van der Waals surface area contributed by atoms with E-state index in [4.69, 9.17) is 9.47 Å². The first-order valence-electron chi connectivity index (χ1n) is 11.3. The minimum atomic E-state index is 0. The number of aliphatic imine (C=N–C) groups is 1. The summed E-state index contributed by atoms with van der Waals surface area (Å²) in [4.78, 5) is 6.81. The second kappa shape index (κ2) is 16.0. The van der Waals surface area contributed by atoms with Gasteiger partial charge >= 0.3 is 0 Å². The maximum Gasteiger partial charge on any atom is 0.191 e. The zero-order valence-electron chi connectivity index (χ0n) is 19.1. The highest BCUT2D eigenvalue weighted by Gasteiger charge is 2.12. The Balaban J connectivity index is 0.00000363. The molecule has 1 aliphatic rings. The fraction of sp³-hybridized carbons (Fsp3) is 0.480. The summed E-state index contributed by atoms with van der Waals surface area (Å²) >= 11 is 0. The van der Waals surface area contributed by atoms with Gasteiger partial charge in [-0.2, -0.15) is 0 Å². The Labute approximate surface area is 209 Å². The molecule has 0 aromatic heterocycles. The van der Waals surface area contributed by atoms with Crippen molar-refractivity contribution >= 4 is 29.9 Å². The van der Waals surface area contributed by atoms with E-state index >= 15 is 0 Å². The molecule has 0 aliphatic carbocycles. The Kier molecular flexibility index (Phi) is 13.3. The highest BCUT2D eigenvalue weighted by molar-refractivity contribution is 14.0. The molecule has 32 heavy (non-hydrogen) atoms. The van der Waals surface area contributed by atoms with Crippen LogP contribution in [-0.2, 0) is 29.2 Å². The van der Waals surface area contributed by atoms with Crippen molar-refractivity contribution in [2.45, 2.75) is 32.5 Å². The number of rotatable bonds is 11. The number of nitrogens with zero attached hydrogens (tertiary/aromatic N) is 2. The molecule has 7 heteroatoms. The Morgan fingerprint density at radius 3 is 2.44 bits per heavy atom. The second-order valence-electron chi connectivity index (χ2n) is 7.76. The van der Waals surface area contributed by atoms with Gasteiger partial charge in [0.25, 0.3) is 0 Å². The monoisotopic (exact) mass is 552 g/mol. The molecule has 0 saturated carbocycles. The normalized spacial score (nSPS) is 14.6. The van der Waals surface area contributed by atoms with Gasteiger partial charge in [0, 0.05) is 46.4 Å². The highest BCUT2D eigenvalue weighted by Crippen LogP contribution is 2.13. The van der Waals surface area contributed by atoms with Crippen molar-refractivity contribution in [1.29, 1.82) is 0 Å². The zero-order valence-corrected chi connectivity index (χ0v) is 21.4. The first-order valence-corrected chi connectivity index (χ1v) is 11.3. The fourth-order valence-corrected chi connectivity index (χ4v) is 3.58. The molecule has 0 atom stereocenters. The molecule has 1 aliphatic heterocycles. The number of guanidine groups is 1. The number of hydrogen-bond donors (Lipinski definition) is 2. The van der Waals surface area contributed by atoms with Gasteiger partial charge in [0.05, 0.1) is 19.8 Å². The minimum absolute atomic E-state index is 0. The molecule has 0 bridgehead atoms. The lowest BCUT2D eigenvalue weighted by Gasteiger charge is -2.27. The lowest BCUT2D eigenvalue weighted by atomic mass is 10.1. The summed E-state index contributed by atoms with van der Waals surface area (Å²) < 4.78 is 11.2. The number of halogens is 1. The molecule has 2 aromatic rings. The van der Waals surface area contributed by atoms with Gasteiger partial charge in [0.15, 0.2) is 5.96 Å². The SMILES string of the molecule is CN=C(NCCCCOCc1ccccc1)NCc1ccccc1CN1CCOCC1.I. The van der Waals surface area contributed by atoms with Crippen LogP contribution in [0.25, 0.3) is 0 Å². The molecular formula is C25H37IN4O2. The highest BCUT2D eigenvalue weighted by atomic mass is 127. The molecule has 1 fully saturated rings. The van der Waals surface area contributed by atoms with Crippen LogP contribution in [0.1, 0.15) is 29.5 Å². The van der Waals surface area contributed by atoms with Crippen molar-refractivity contribution in [3.05, 3.63) is 71.3 Å². The third kappa shape index (κ3) is 9.85. The van der Waals surface area contributed by atoms with Gasteiger partial charge in [-0.3, -0.25) is 9.89 Å². The first-order chi connectivity index (χ1) is 15.3. The zero-order chi connectivity index (χ0) is 21.6. The van der Waals surface area contributed by atoms with Crippen molar-refractivity contribution in [3.8, 4) is 0 Å². The van der Waals surface area contributed by atoms with Crippen LogP contribution in [0.15, 0.2) is 59.6 Å². The third-order valence-electron chi connectivity index (χ3n) is 5.41. The van der Waals surface area contributed by atoms with Crippen LogP contribution in [-0.4, -0.2) is 57.4 Å². The number of hydrogen-bond acceptors (Lipinski definition) is 4. The van der Waals surface area contributed by atoms with Gasteiger partial charge in [-0.05, 0) is 29.5 Å². The van der Waals surface area contributed by atoms with Crippen molar-refractivity contribution in [2.75, 3.05) is 46.5 Å². The fourth-order valence-electron chi connectivity index (χ4n) is 3.58. The molecule has 3 rings (SSSR count). The van der Waals surface area contributed by atoms with E-state index in [-0.39, 0.29) is 24.0 Å². The molecular weight excluding hydrogens is 515 g/mol. The molecule has 6 nitrogen and oxygen atoms in total. The summed E-state index contributed by atoms with van der Waals surface area (Å²) in [5.74, 6) is 0.839. The Hall–Kier alpha value is -1.68. The molecule has 2 aromatic carbocycles. The van der Waals surface area contributed by atoms with E-state index in [1.165, 1.54) is 16.7 Å². The summed E-state index contributed by atoms with van der Waals surface area (Å²) in [5, 5.41) is 6.86. The molecule has 176 valence electrons. The average Bonchev–Trinajstić information content (AvgIpc) is 2.82. The van der Waals surface area contributed by atoms with Gasteiger partial charge in [-0.25, -0.2) is 0 Å². The summed E-state index contributed by atoms with van der Waals surface area (Å²) in [7, 11) is 1.82. The predicted molar refractivity (Wildman–Crippen MR) is 141 cm³/mol. The Morgan fingerprint density at radius 2 is 1.69 bits per heavy atom. The molecule has 0 amide bonds. The van der Waals surface area contributed by atoms with Crippen molar-refractivity contribution in [1.82, 2.24) is 15.5 Å². The van der Waals surface area contributed by atoms with Gasteiger partial charge in [0.1, 0.15) is 0 Å². The lowest BCUT2D eigenvalue weighted by Crippen LogP contribution is -2.38. The number of unbranched alkanes of at least 4 members (excludes halogenated alkanes) is 1. The topological polar surface area (TPSA) is 58.1 Å². The third-order valence-corrected chi connectivity index (χ3v) is 5.41. The number of nitrogens with one attached hydrogen (secondary N) is 2. The van der Waals surface area contributed by atoms with Crippen molar-refractivity contribution in [3.63, 3.8) is 0 Å². The average molecular weight is 553 g/mol. The molecule has 1 saturated heterocycles. The van der Waals surface area contributed by atoms with E-state index in [0.29, 0.717) is 6.61 Å². The first kappa shape index (κ1) is 26.6. The van der Waals surface area contributed by atoms with E-state index in [0.717, 1.165) is 71.3 Å². The molecule has 0 radical (unpaired) electrons. The number of morpholine rings is 1. The second-order valence-corrected chi connectivity index (χ2v) is 7.76. The summed E-state index contributed by atoms with van der Waals surface area (Å²) in [5.41, 5.74) is 3.90. The standard InChI is InChI=1S/C25H36N4O2.HI/c1-26-25(27-13-7-8-16-31-21-22-9-3-2-4-10-22)28-19-23-11-5-6-12-24(23)20-29-14-17-30-18-15-29;/h2-6,9-12H,7-8,13-21H2,1H3,(H2,26,27,28);1H. The molecule has 1 heterocycles. The van der Waals surface area contributed by atoms with E-state index in [1.807, 2.05) is 25.2 Å². The summed E-state index contributed by atoms with van der Waals surface area (Å²) in [6, 6.07) is 18.9. The van der Waals surface area contributed by atoms with Crippen LogP contribution < -0.4 is 10.6 Å². The van der Waals surface area contributed by atoms with Crippen LogP contribution in [0.5, 0.6) is 0 Å². The van der Waals surface area contributed by atoms with E-state index < -0.39 is 0 Å².